The van der Waals surface area contributed by atoms with Crippen LogP contribution in [0.15, 0.2) is 0 Å². The maximum Gasteiger partial charge on any atom is 0.0962 e. The number of nitrogens with zero attached hydrogens (tertiary/aromatic N) is 2. The maximum absolute atomic E-state index is 8.64. The third kappa shape index (κ3) is 2.33. The molecule has 0 aromatic carbocycles. The Morgan fingerprint density at radius 1 is 1.43 bits per heavy atom. The second kappa shape index (κ2) is 5.11. The number of nitriles is 1. The van der Waals surface area contributed by atoms with E-state index in [1.165, 1.54) is 5.01 Å². The summed E-state index contributed by atoms with van der Waals surface area (Å²) >= 11 is 1.71. The number of thiazole rings is 1. The van der Waals surface area contributed by atoms with E-state index in [4.69, 9.17) is 5.26 Å². The Morgan fingerprint density at radius 3 is 2.57 bits per heavy atom. The summed E-state index contributed by atoms with van der Waals surface area (Å²) in [4.78, 5) is 5.67. The van der Waals surface area contributed by atoms with Crippen LogP contribution >= 0.6 is 11.3 Å². The predicted molar refractivity (Wildman–Crippen MR) is 59.5 cm³/mol. The van der Waals surface area contributed by atoms with E-state index in [-0.39, 0.29) is 0 Å². The number of aryl methyl sites for hydroxylation is 1. The van der Waals surface area contributed by atoms with Gasteiger partial charge >= 0.3 is 0 Å². The molecule has 0 amide bonds. The van der Waals surface area contributed by atoms with E-state index in [0.717, 1.165) is 23.4 Å². The molecule has 0 radical (unpaired) electrons. The molecule has 1 rings (SSSR count). The molecule has 0 aliphatic heterocycles. The highest BCUT2D eigenvalue weighted by Crippen LogP contribution is 2.29. The zero-order chi connectivity index (χ0) is 10.6. The minimum Gasteiger partial charge on any atom is -0.246 e. The Hall–Kier alpha value is -0.880. The first kappa shape index (κ1) is 11.2. The first-order chi connectivity index (χ1) is 6.72. The molecule has 0 aliphatic carbocycles. The highest BCUT2D eigenvalue weighted by atomic mass is 32.1. The zero-order valence-corrected chi connectivity index (χ0v) is 9.82. The Bertz CT molecular complexity index is 332. The molecule has 0 aliphatic rings. The van der Waals surface area contributed by atoms with Crippen LogP contribution < -0.4 is 0 Å². The Balaban J connectivity index is 2.90. The molecule has 14 heavy (non-hydrogen) atoms. The lowest BCUT2D eigenvalue weighted by molar-refractivity contribution is 0.636. The Morgan fingerprint density at radius 2 is 2.07 bits per heavy atom. The summed E-state index contributed by atoms with van der Waals surface area (Å²) < 4.78 is 0. The van der Waals surface area contributed by atoms with Crippen LogP contribution in [0.1, 0.15) is 48.2 Å². The van der Waals surface area contributed by atoms with Gasteiger partial charge in [0, 0.05) is 10.8 Å². The summed E-state index contributed by atoms with van der Waals surface area (Å²) in [6.07, 6.45) is 2.77. The fraction of sp³-hybridized carbons (Fsp3) is 0.636. The van der Waals surface area contributed by atoms with Crippen molar-refractivity contribution in [3.8, 4) is 6.07 Å². The molecule has 2 nitrogen and oxygen atoms in total. The van der Waals surface area contributed by atoms with Gasteiger partial charge in [0.15, 0.2) is 0 Å². The normalized spacial score (nSPS) is 10.5. The second-order valence-electron chi connectivity index (χ2n) is 3.41. The Labute approximate surface area is 89.6 Å². The minimum atomic E-state index is 0.504. The highest BCUT2D eigenvalue weighted by molar-refractivity contribution is 7.11. The van der Waals surface area contributed by atoms with Gasteiger partial charge in [-0.25, -0.2) is 4.98 Å². The SMILES string of the molecule is CCC(CC)c1nc(C)c(CC#N)s1. The van der Waals surface area contributed by atoms with E-state index in [2.05, 4.69) is 24.9 Å². The van der Waals surface area contributed by atoms with E-state index < -0.39 is 0 Å². The van der Waals surface area contributed by atoms with Crippen LogP contribution in [0, 0.1) is 18.3 Å². The molecule has 0 bridgehead atoms. The maximum atomic E-state index is 8.64. The van der Waals surface area contributed by atoms with Gasteiger partial charge in [0.05, 0.1) is 23.2 Å². The van der Waals surface area contributed by atoms with Gasteiger partial charge in [-0.2, -0.15) is 5.26 Å². The number of hydrogen-bond acceptors (Lipinski definition) is 3. The molecule has 3 heteroatoms. The zero-order valence-electron chi connectivity index (χ0n) is 9.00. The average Bonchev–Trinajstić information content (AvgIpc) is 2.51. The van der Waals surface area contributed by atoms with Crippen molar-refractivity contribution in [1.29, 1.82) is 5.26 Å². The molecule has 1 aromatic heterocycles. The molecular formula is C11H16N2S. The molecule has 0 fully saturated rings. The van der Waals surface area contributed by atoms with Gasteiger partial charge in [-0.15, -0.1) is 11.3 Å². The standard InChI is InChI=1S/C11H16N2S/c1-4-9(5-2)11-13-8(3)10(14-11)6-7-12/h9H,4-6H2,1-3H3. The van der Waals surface area contributed by atoms with Crippen LogP contribution in [-0.4, -0.2) is 4.98 Å². The minimum absolute atomic E-state index is 0.504. The fourth-order valence-corrected chi connectivity index (χ4v) is 2.76. The van der Waals surface area contributed by atoms with Crippen molar-refractivity contribution in [3.05, 3.63) is 15.6 Å². The van der Waals surface area contributed by atoms with E-state index in [1.54, 1.807) is 11.3 Å². The lowest BCUT2D eigenvalue weighted by atomic mass is 10.1. The van der Waals surface area contributed by atoms with Crippen molar-refractivity contribution in [2.24, 2.45) is 0 Å². The smallest absolute Gasteiger partial charge is 0.0962 e. The van der Waals surface area contributed by atoms with Crippen LogP contribution in [0.4, 0.5) is 0 Å². The number of hydrogen-bond donors (Lipinski definition) is 0. The molecule has 0 spiro atoms. The van der Waals surface area contributed by atoms with Crippen LogP contribution in [0.5, 0.6) is 0 Å². The lowest BCUT2D eigenvalue weighted by Gasteiger charge is -2.06. The van der Waals surface area contributed by atoms with E-state index in [9.17, 15) is 0 Å². The van der Waals surface area contributed by atoms with Crippen LogP contribution in [-0.2, 0) is 6.42 Å². The van der Waals surface area contributed by atoms with E-state index in [1.807, 2.05) is 6.92 Å². The first-order valence-electron chi connectivity index (χ1n) is 5.06. The largest absolute Gasteiger partial charge is 0.246 e. The van der Waals surface area contributed by atoms with Crippen LogP contribution in [0.2, 0.25) is 0 Å². The number of rotatable bonds is 4. The van der Waals surface area contributed by atoms with Crippen molar-refractivity contribution in [2.45, 2.75) is 46.0 Å². The van der Waals surface area contributed by atoms with Gasteiger partial charge in [0.25, 0.3) is 0 Å². The molecular weight excluding hydrogens is 192 g/mol. The first-order valence-corrected chi connectivity index (χ1v) is 5.87. The molecule has 1 aromatic rings. The highest BCUT2D eigenvalue weighted by Gasteiger charge is 2.14. The molecule has 0 saturated heterocycles. The third-order valence-corrected chi connectivity index (χ3v) is 3.80. The monoisotopic (exact) mass is 208 g/mol. The van der Waals surface area contributed by atoms with Crippen LogP contribution in [0.3, 0.4) is 0 Å². The third-order valence-electron chi connectivity index (χ3n) is 2.48. The topological polar surface area (TPSA) is 36.7 Å². The fourth-order valence-electron chi connectivity index (χ4n) is 1.50. The van der Waals surface area contributed by atoms with Crippen LogP contribution in [0.25, 0.3) is 0 Å². The van der Waals surface area contributed by atoms with Crippen molar-refractivity contribution in [3.63, 3.8) is 0 Å². The van der Waals surface area contributed by atoms with E-state index >= 15 is 0 Å². The van der Waals surface area contributed by atoms with Gasteiger partial charge in [0.2, 0.25) is 0 Å². The molecule has 0 atom stereocenters. The van der Waals surface area contributed by atoms with Crippen molar-refractivity contribution >= 4 is 11.3 Å². The molecule has 0 N–H and O–H groups in total. The van der Waals surface area contributed by atoms with Gasteiger partial charge in [-0.05, 0) is 19.8 Å². The molecule has 0 unspecified atom stereocenters. The summed E-state index contributed by atoms with van der Waals surface area (Å²) in [6, 6.07) is 2.18. The van der Waals surface area contributed by atoms with Gasteiger partial charge in [-0.1, -0.05) is 13.8 Å². The quantitative estimate of drug-likeness (QED) is 0.760. The molecule has 76 valence electrons. The van der Waals surface area contributed by atoms with Gasteiger partial charge in [-0.3, -0.25) is 0 Å². The average molecular weight is 208 g/mol. The van der Waals surface area contributed by atoms with Crippen molar-refractivity contribution in [2.75, 3.05) is 0 Å². The lowest BCUT2D eigenvalue weighted by Crippen LogP contribution is -1.93. The Kier molecular flexibility index (Phi) is 4.09. The van der Waals surface area contributed by atoms with Gasteiger partial charge < -0.3 is 0 Å². The molecule has 1 heterocycles. The summed E-state index contributed by atoms with van der Waals surface area (Å²) in [5.74, 6) is 0.575. The van der Waals surface area contributed by atoms with Crippen molar-refractivity contribution < 1.29 is 0 Å². The molecule has 0 saturated carbocycles. The summed E-state index contributed by atoms with van der Waals surface area (Å²) in [5, 5.41) is 9.84. The van der Waals surface area contributed by atoms with Crippen molar-refractivity contribution in [1.82, 2.24) is 4.98 Å². The van der Waals surface area contributed by atoms with E-state index in [0.29, 0.717) is 12.3 Å². The summed E-state index contributed by atoms with van der Waals surface area (Å²) in [7, 11) is 0. The number of aromatic nitrogens is 1. The predicted octanol–water partition coefficient (Wildman–Crippen LogP) is 3.42. The second-order valence-corrected chi connectivity index (χ2v) is 4.52. The summed E-state index contributed by atoms with van der Waals surface area (Å²) in [5.41, 5.74) is 1.04. The summed E-state index contributed by atoms with van der Waals surface area (Å²) in [6.45, 7) is 6.37. The van der Waals surface area contributed by atoms with Gasteiger partial charge in [0.1, 0.15) is 0 Å².